The lowest BCUT2D eigenvalue weighted by atomic mass is 9.97. The van der Waals surface area contributed by atoms with Gasteiger partial charge in [-0.25, -0.2) is 4.68 Å². The van der Waals surface area contributed by atoms with Gasteiger partial charge in [-0.15, -0.1) is 0 Å². The molecule has 0 fully saturated rings. The topological polar surface area (TPSA) is 67.2 Å². The van der Waals surface area contributed by atoms with Crippen LogP contribution < -0.4 is 5.32 Å². The first-order chi connectivity index (χ1) is 10.1. The fraction of sp³-hybridized carbons (Fsp3) is 0.375. The van der Waals surface area contributed by atoms with Crippen molar-refractivity contribution in [3.8, 4) is 5.69 Å². The van der Waals surface area contributed by atoms with Crippen molar-refractivity contribution in [2.45, 2.75) is 32.3 Å². The maximum absolute atomic E-state index is 12.1. The highest BCUT2D eigenvalue weighted by Gasteiger charge is 2.23. The third-order valence-electron chi connectivity index (χ3n) is 3.74. The van der Waals surface area contributed by atoms with Gasteiger partial charge in [0.2, 0.25) is 0 Å². The van der Waals surface area contributed by atoms with Gasteiger partial charge in [0.15, 0.2) is 5.69 Å². The van der Waals surface area contributed by atoms with Crippen LogP contribution in [-0.4, -0.2) is 32.9 Å². The molecule has 0 spiro atoms. The van der Waals surface area contributed by atoms with E-state index in [9.17, 15) is 9.90 Å². The molecule has 112 valence electrons. The molecular formula is C16H21N3O2. The highest BCUT2D eigenvalue weighted by Crippen LogP contribution is 2.13. The van der Waals surface area contributed by atoms with Gasteiger partial charge in [-0.3, -0.25) is 4.79 Å². The predicted octanol–water partition coefficient (Wildman–Crippen LogP) is 2.15. The first-order valence-corrected chi connectivity index (χ1v) is 7.19. The third kappa shape index (κ3) is 3.70. The fourth-order valence-electron chi connectivity index (χ4n) is 2.00. The van der Waals surface area contributed by atoms with Gasteiger partial charge in [-0.1, -0.05) is 32.0 Å². The second kappa shape index (κ2) is 6.54. The van der Waals surface area contributed by atoms with Crippen molar-refractivity contribution in [2.75, 3.05) is 6.54 Å². The number of carbonyl (C=O) groups is 1. The van der Waals surface area contributed by atoms with E-state index in [1.54, 1.807) is 16.9 Å². The Kier molecular flexibility index (Phi) is 4.75. The van der Waals surface area contributed by atoms with Gasteiger partial charge in [-0.2, -0.15) is 5.10 Å². The van der Waals surface area contributed by atoms with Crippen molar-refractivity contribution >= 4 is 5.91 Å². The number of carbonyl (C=O) groups excluding carboxylic acids is 1. The third-order valence-corrected chi connectivity index (χ3v) is 3.74. The summed E-state index contributed by atoms with van der Waals surface area (Å²) in [5.74, 6) is -0.273. The van der Waals surface area contributed by atoms with Gasteiger partial charge < -0.3 is 10.4 Å². The number of nitrogens with zero attached hydrogens (tertiary/aromatic N) is 2. The Hall–Kier alpha value is -2.14. The molecule has 2 rings (SSSR count). The van der Waals surface area contributed by atoms with Crippen LogP contribution in [0.4, 0.5) is 0 Å². The summed E-state index contributed by atoms with van der Waals surface area (Å²) in [6, 6.07) is 11.3. The van der Waals surface area contributed by atoms with Gasteiger partial charge in [0, 0.05) is 12.7 Å². The SMILES string of the molecule is CCC(O)(CC)CNC(=O)c1ccn(-c2ccccc2)n1. The zero-order valence-corrected chi connectivity index (χ0v) is 12.4. The molecule has 0 saturated carbocycles. The summed E-state index contributed by atoms with van der Waals surface area (Å²) in [7, 11) is 0. The summed E-state index contributed by atoms with van der Waals surface area (Å²) in [4.78, 5) is 12.1. The molecule has 5 nitrogen and oxygen atoms in total. The quantitative estimate of drug-likeness (QED) is 0.855. The summed E-state index contributed by atoms with van der Waals surface area (Å²) in [6.45, 7) is 4.04. The molecule has 1 amide bonds. The second-order valence-corrected chi connectivity index (χ2v) is 5.10. The van der Waals surface area contributed by atoms with Crippen LogP contribution in [0.15, 0.2) is 42.6 Å². The first-order valence-electron chi connectivity index (χ1n) is 7.19. The minimum Gasteiger partial charge on any atom is -0.388 e. The number of rotatable bonds is 6. The van der Waals surface area contributed by atoms with Crippen molar-refractivity contribution < 1.29 is 9.90 Å². The lowest BCUT2D eigenvalue weighted by molar-refractivity contribution is 0.0313. The lowest BCUT2D eigenvalue weighted by Gasteiger charge is -2.25. The van der Waals surface area contributed by atoms with E-state index in [4.69, 9.17) is 0 Å². The van der Waals surface area contributed by atoms with Crippen molar-refractivity contribution in [2.24, 2.45) is 0 Å². The van der Waals surface area contributed by atoms with E-state index < -0.39 is 5.60 Å². The Morgan fingerprint density at radius 3 is 2.52 bits per heavy atom. The number of para-hydroxylation sites is 1. The normalized spacial score (nSPS) is 11.4. The van der Waals surface area contributed by atoms with Crippen molar-refractivity contribution in [3.05, 3.63) is 48.3 Å². The molecule has 1 aromatic carbocycles. The van der Waals surface area contributed by atoms with Gasteiger partial charge in [0.05, 0.1) is 11.3 Å². The van der Waals surface area contributed by atoms with Crippen molar-refractivity contribution in [3.63, 3.8) is 0 Å². The molecular weight excluding hydrogens is 266 g/mol. The van der Waals surface area contributed by atoms with Crippen LogP contribution in [0.1, 0.15) is 37.2 Å². The highest BCUT2D eigenvalue weighted by molar-refractivity contribution is 5.92. The van der Waals surface area contributed by atoms with Crippen LogP contribution in [0.25, 0.3) is 5.69 Å². The number of nitrogens with one attached hydrogen (secondary N) is 1. The standard InChI is InChI=1S/C16H21N3O2/c1-3-16(21,4-2)12-17-15(20)14-10-11-19(18-14)13-8-6-5-7-9-13/h5-11,21H,3-4,12H2,1-2H3,(H,17,20). The van der Waals surface area contributed by atoms with Gasteiger partial charge in [0.1, 0.15) is 0 Å². The van der Waals surface area contributed by atoms with Crippen LogP contribution in [0.3, 0.4) is 0 Å². The molecule has 1 aromatic heterocycles. The average Bonchev–Trinajstić information content (AvgIpc) is 3.03. The van der Waals surface area contributed by atoms with Gasteiger partial charge in [0.25, 0.3) is 5.91 Å². The molecule has 0 unspecified atom stereocenters. The Labute approximate surface area is 124 Å². The highest BCUT2D eigenvalue weighted by atomic mass is 16.3. The summed E-state index contributed by atoms with van der Waals surface area (Å²) in [5.41, 5.74) is 0.390. The average molecular weight is 287 g/mol. The van der Waals surface area contributed by atoms with E-state index in [1.807, 2.05) is 44.2 Å². The Bertz CT molecular complexity index is 589. The van der Waals surface area contributed by atoms with Crippen LogP contribution >= 0.6 is 0 Å². The predicted molar refractivity (Wildman–Crippen MR) is 81.4 cm³/mol. The van der Waals surface area contributed by atoms with E-state index >= 15 is 0 Å². The molecule has 5 heteroatoms. The number of benzene rings is 1. The lowest BCUT2D eigenvalue weighted by Crippen LogP contribution is -2.42. The molecule has 0 radical (unpaired) electrons. The number of aromatic nitrogens is 2. The minimum absolute atomic E-state index is 0.233. The number of aliphatic hydroxyl groups is 1. The second-order valence-electron chi connectivity index (χ2n) is 5.10. The minimum atomic E-state index is -0.850. The molecule has 1 heterocycles. The Morgan fingerprint density at radius 1 is 1.24 bits per heavy atom. The van der Waals surface area contributed by atoms with E-state index in [0.717, 1.165) is 5.69 Å². The van der Waals surface area contributed by atoms with Gasteiger partial charge >= 0.3 is 0 Å². The molecule has 0 saturated heterocycles. The van der Waals surface area contributed by atoms with Crippen LogP contribution in [0.2, 0.25) is 0 Å². The smallest absolute Gasteiger partial charge is 0.271 e. The summed E-state index contributed by atoms with van der Waals surface area (Å²) in [5, 5.41) is 17.2. The Balaban J connectivity index is 2.03. The molecule has 21 heavy (non-hydrogen) atoms. The van der Waals surface area contributed by atoms with E-state index in [1.165, 1.54) is 0 Å². The largest absolute Gasteiger partial charge is 0.388 e. The maximum atomic E-state index is 12.1. The molecule has 2 N–H and O–H groups in total. The Morgan fingerprint density at radius 2 is 1.90 bits per heavy atom. The summed E-state index contributed by atoms with van der Waals surface area (Å²) in [6.07, 6.45) is 2.94. The molecule has 2 aromatic rings. The first kappa shape index (κ1) is 15.3. The maximum Gasteiger partial charge on any atom is 0.271 e. The molecule has 0 aliphatic rings. The van der Waals surface area contributed by atoms with Crippen molar-refractivity contribution in [1.82, 2.24) is 15.1 Å². The summed E-state index contributed by atoms with van der Waals surface area (Å²) < 4.78 is 1.65. The van der Waals surface area contributed by atoms with E-state index in [-0.39, 0.29) is 12.5 Å². The van der Waals surface area contributed by atoms with Crippen LogP contribution in [-0.2, 0) is 0 Å². The van der Waals surface area contributed by atoms with E-state index in [2.05, 4.69) is 10.4 Å². The molecule has 0 atom stereocenters. The monoisotopic (exact) mass is 287 g/mol. The van der Waals surface area contributed by atoms with Crippen molar-refractivity contribution in [1.29, 1.82) is 0 Å². The number of hydrogen-bond donors (Lipinski definition) is 2. The van der Waals surface area contributed by atoms with Crippen LogP contribution in [0, 0.1) is 0 Å². The van der Waals surface area contributed by atoms with E-state index in [0.29, 0.717) is 18.5 Å². The molecule has 0 aliphatic heterocycles. The van der Waals surface area contributed by atoms with Crippen LogP contribution in [0.5, 0.6) is 0 Å². The zero-order valence-electron chi connectivity index (χ0n) is 12.4. The fourth-order valence-corrected chi connectivity index (χ4v) is 2.00. The zero-order chi connectivity index (χ0) is 15.3. The number of amides is 1. The number of hydrogen-bond acceptors (Lipinski definition) is 3. The molecule has 0 aliphatic carbocycles. The molecule has 0 bridgehead atoms. The summed E-state index contributed by atoms with van der Waals surface area (Å²) >= 11 is 0. The van der Waals surface area contributed by atoms with Gasteiger partial charge in [-0.05, 0) is 31.0 Å².